The molecule has 1 fully saturated rings. The van der Waals surface area contributed by atoms with Gasteiger partial charge in [-0.25, -0.2) is 0 Å². The molecule has 0 spiro atoms. The second kappa shape index (κ2) is 5.77. The van der Waals surface area contributed by atoms with Gasteiger partial charge in [-0.2, -0.15) is 0 Å². The molecule has 2 rings (SSSR count). The molecule has 0 aliphatic heterocycles. The second-order valence-electron chi connectivity index (χ2n) is 4.62. The molecule has 0 amide bonds. The summed E-state index contributed by atoms with van der Waals surface area (Å²) in [6, 6.07) is 3.00. The number of hydrogen-bond acceptors (Lipinski definition) is 5. The van der Waals surface area contributed by atoms with E-state index in [0.29, 0.717) is 5.69 Å². The first-order chi connectivity index (χ1) is 8.66. The van der Waals surface area contributed by atoms with Crippen LogP contribution in [-0.2, 0) is 0 Å². The molecule has 6 heteroatoms. The van der Waals surface area contributed by atoms with E-state index in [-0.39, 0.29) is 18.0 Å². The van der Waals surface area contributed by atoms with Gasteiger partial charge >= 0.3 is 5.82 Å². The zero-order chi connectivity index (χ0) is 13.0. The normalized spacial score (nSPS) is 24.3. The van der Waals surface area contributed by atoms with Crippen molar-refractivity contribution in [2.45, 2.75) is 44.2 Å². The molecule has 1 aliphatic rings. The number of nitrogens with zero attached hydrogens (tertiary/aromatic N) is 2. The number of nitro groups is 1. The van der Waals surface area contributed by atoms with Crippen molar-refractivity contribution in [3.8, 4) is 0 Å². The number of hydrogen-bond donors (Lipinski definition) is 2. The van der Waals surface area contributed by atoms with Gasteiger partial charge in [0.25, 0.3) is 0 Å². The van der Waals surface area contributed by atoms with Gasteiger partial charge in [-0.1, -0.05) is 19.3 Å². The van der Waals surface area contributed by atoms with Crippen molar-refractivity contribution in [1.82, 2.24) is 4.98 Å². The Labute approximate surface area is 105 Å². The number of aliphatic hydroxyl groups excluding tert-OH is 1. The highest BCUT2D eigenvalue weighted by atomic mass is 16.6. The van der Waals surface area contributed by atoms with Crippen molar-refractivity contribution in [2.75, 3.05) is 5.32 Å². The molecule has 18 heavy (non-hydrogen) atoms. The molecular formula is C12H17N3O3. The summed E-state index contributed by atoms with van der Waals surface area (Å²) in [5, 5.41) is 23.6. The van der Waals surface area contributed by atoms with Crippen molar-refractivity contribution in [1.29, 1.82) is 0 Å². The van der Waals surface area contributed by atoms with E-state index in [4.69, 9.17) is 0 Å². The molecule has 6 nitrogen and oxygen atoms in total. The van der Waals surface area contributed by atoms with E-state index in [1.807, 2.05) is 0 Å². The van der Waals surface area contributed by atoms with Crippen molar-refractivity contribution >= 4 is 11.5 Å². The highest BCUT2D eigenvalue weighted by Crippen LogP contribution is 2.22. The predicted molar refractivity (Wildman–Crippen MR) is 67.4 cm³/mol. The summed E-state index contributed by atoms with van der Waals surface area (Å²) in [4.78, 5) is 13.7. The highest BCUT2D eigenvalue weighted by molar-refractivity contribution is 5.44. The van der Waals surface area contributed by atoms with Gasteiger partial charge in [-0.15, -0.1) is 0 Å². The Morgan fingerprint density at radius 2 is 2.11 bits per heavy atom. The third kappa shape index (κ3) is 3.16. The molecule has 1 aromatic rings. The van der Waals surface area contributed by atoms with Crippen LogP contribution in [0.25, 0.3) is 0 Å². The zero-order valence-corrected chi connectivity index (χ0v) is 10.1. The molecule has 0 bridgehead atoms. The lowest BCUT2D eigenvalue weighted by molar-refractivity contribution is -0.389. The summed E-state index contributed by atoms with van der Waals surface area (Å²) in [6.07, 6.45) is 6.09. The predicted octanol–water partition coefficient (Wildman–Crippen LogP) is 2.10. The zero-order valence-electron chi connectivity index (χ0n) is 10.1. The molecule has 0 aromatic carbocycles. The molecule has 1 aliphatic carbocycles. The third-order valence-electron chi connectivity index (χ3n) is 3.27. The molecule has 0 radical (unpaired) electrons. The Balaban J connectivity index is 2.01. The fourth-order valence-electron chi connectivity index (χ4n) is 2.25. The van der Waals surface area contributed by atoms with Gasteiger partial charge in [0.2, 0.25) is 0 Å². The number of pyridine rings is 1. The van der Waals surface area contributed by atoms with Gasteiger partial charge in [0.05, 0.1) is 17.8 Å². The first-order valence-corrected chi connectivity index (χ1v) is 6.22. The fraction of sp³-hybridized carbons (Fsp3) is 0.583. The maximum absolute atomic E-state index is 10.5. The third-order valence-corrected chi connectivity index (χ3v) is 3.27. The Morgan fingerprint density at radius 3 is 2.78 bits per heavy atom. The van der Waals surface area contributed by atoms with Gasteiger partial charge in [0, 0.05) is 6.07 Å². The molecule has 1 saturated carbocycles. The fourth-order valence-corrected chi connectivity index (χ4v) is 2.25. The number of aromatic nitrogens is 1. The Hall–Kier alpha value is -1.69. The second-order valence-corrected chi connectivity index (χ2v) is 4.62. The van der Waals surface area contributed by atoms with E-state index >= 15 is 0 Å². The van der Waals surface area contributed by atoms with E-state index in [9.17, 15) is 15.2 Å². The van der Waals surface area contributed by atoms with Crippen LogP contribution in [0.15, 0.2) is 18.3 Å². The largest absolute Gasteiger partial charge is 0.391 e. The van der Waals surface area contributed by atoms with E-state index < -0.39 is 4.92 Å². The Bertz CT molecular complexity index is 408. The maximum atomic E-state index is 10.5. The number of anilines is 1. The number of rotatable bonds is 3. The molecule has 2 atom stereocenters. The lowest BCUT2D eigenvalue weighted by Crippen LogP contribution is -2.32. The van der Waals surface area contributed by atoms with Crippen molar-refractivity contribution < 1.29 is 10.0 Å². The Morgan fingerprint density at radius 1 is 1.33 bits per heavy atom. The van der Waals surface area contributed by atoms with Crippen LogP contribution in [0.4, 0.5) is 11.5 Å². The van der Waals surface area contributed by atoms with Crippen molar-refractivity contribution in [3.05, 3.63) is 28.4 Å². The van der Waals surface area contributed by atoms with Crippen LogP contribution in [0, 0.1) is 10.1 Å². The minimum absolute atomic E-state index is 0.00996. The van der Waals surface area contributed by atoms with Crippen LogP contribution < -0.4 is 5.32 Å². The maximum Gasteiger partial charge on any atom is 0.363 e. The summed E-state index contributed by atoms with van der Waals surface area (Å²) in [5.74, 6) is -0.165. The molecule has 2 unspecified atom stereocenters. The van der Waals surface area contributed by atoms with Crippen molar-refractivity contribution in [2.24, 2.45) is 0 Å². The summed E-state index contributed by atoms with van der Waals surface area (Å²) in [7, 11) is 0. The van der Waals surface area contributed by atoms with E-state index in [1.54, 1.807) is 6.07 Å². The van der Waals surface area contributed by atoms with Crippen LogP contribution in [0.5, 0.6) is 0 Å². The lowest BCUT2D eigenvalue weighted by atomic mass is 10.1. The number of aliphatic hydroxyl groups is 1. The van der Waals surface area contributed by atoms with Gasteiger partial charge < -0.3 is 20.5 Å². The molecule has 0 saturated heterocycles. The summed E-state index contributed by atoms with van der Waals surface area (Å²) in [6.45, 7) is 0. The monoisotopic (exact) mass is 251 g/mol. The molecule has 2 N–H and O–H groups in total. The van der Waals surface area contributed by atoms with Gasteiger partial charge in [0.15, 0.2) is 6.20 Å². The smallest absolute Gasteiger partial charge is 0.363 e. The SMILES string of the molecule is O=[N+]([O-])c1ccc(NC2CCCCCC2O)cn1. The quantitative estimate of drug-likeness (QED) is 0.488. The number of nitrogens with one attached hydrogen (secondary N) is 1. The van der Waals surface area contributed by atoms with E-state index in [2.05, 4.69) is 10.3 Å². The molecule has 98 valence electrons. The van der Waals surface area contributed by atoms with Crippen LogP contribution in [-0.4, -0.2) is 27.2 Å². The van der Waals surface area contributed by atoms with Gasteiger partial charge in [-0.05, 0) is 28.8 Å². The molecule has 1 aromatic heterocycles. The van der Waals surface area contributed by atoms with Gasteiger partial charge in [0.1, 0.15) is 0 Å². The summed E-state index contributed by atoms with van der Waals surface area (Å²) < 4.78 is 0. The highest BCUT2D eigenvalue weighted by Gasteiger charge is 2.21. The van der Waals surface area contributed by atoms with Crippen LogP contribution >= 0.6 is 0 Å². The van der Waals surface area contributed by atoms with Crippen molar-refractivity contribution in [3.63, 3.8) is 0 Å². The van der Waals surface area contributed by atoms with Gasteiger partial charge in [-0.3, -0.25) is 0 Å². The first-order valence-electron chi connectivity index (χ1n) is 6.22. The summed E-state index contributed by atoms with van der Waals surface area (Å²) in [5.41, 5.74) is 0.714. The summed E-state index contributed by atoms with van der Waals surface area (Å²) >= 11 is 0. The Kier molecular flexibility index (Phi) is 4.09. The molecular weight excluding hydrogens is 234 g/mol. The average molecular weight is 251 g/mol. The minimum Gasteiger partial charge on any atom is -0.391 e. The van der Waals surface area contributed by atoms with E-state index in [1.165, 1.54) is 12.3 Å². The van der Waals surface area contributed by atoms with Crippen LogP contribution in [0.1, 0.15) is 32.1 Å². The standard InChI is InChI=1S/C12H17N3O3/c16-11-5-3-1-2-4-10(11)14-9-6-7-12(13-8-9)15(17)18/h6-8,10-11,14,16H,1-5H2. The minimum atomic E-state index is -0.524. The van der Waals surface area contributed by atoms with E-state index in [0.717, 1.165) is 32.1 Å². The topological polar surface area (TPSA) is 88.3 Å². The first kappa shape index (κ1) is 12.8. The lowest BCUT2D eigenvalue weighted by Gasteiger charge is -2.22. The van der Waals surface area contributed by atoms with Crippen LogP contribution in [0.2, 0.25) is 0 Å². The average Bonchev–Trinajstić information content (AvgIpc) is 2.56. The van der Waals surface area contributed by atoms with Crippen LogP contribution in [0.3, 0.4) is 0 Å². The molecule has 1 heterocycles.